The van der Waals surface area contributed by atoms with Crippen LogP contribution in [0.4, 0.5) is 0 Å². The summed E-state index contributed by atoms with van der Waals surface area (Å²) in [5.41, 5.74) is 0. The number of nitrogens with zero attached hydrogens (tertiary/aromatic N) is 2. The van der Waals surface area contributed by atoms with Gasteiger partial charge >= 0.3 is 17.2 Å². The minimum Gasteiger partial charge on any atom is -0.469 e. The molecule has 0 saturated heterocycles. The average Bonchev–Trinajstić information content (AvgIpc) is 2.65. The second-order valence-corrected chi connectivity index (χ2v) is 3.27. The van der Waals surface area contributed by atoms with Crippen LogP contribution >= 0.6 is 11.5 Å². The number of carbonyl (C=O) groups is 1. The standard InChI is InChI=1S/C8H11N3O4S/c1-3-14-7(9)15-8-10-5(11-16-8)4-6(12)13-2/h9H,3-4H2,1-2H3. The Morgan fingerprint density at radius 3 is 2.94 bits per heavy atom. The van der Waals surface area contributed by atoms with Gasteiger partial charge in [0.05, 0.1) is 13.7 Å². The molecule has 0 aliphatic heterocycles. The predicted octanol–water partition coefficient (Wildman–Crippen LogP) is 0.604. The lowest BCUT2D eigenvalue weighted by atomic mass is 10.4. The molecule has 0 saturated carbocycles. The lowest BCUT2D eigenvalue weighted by Crippen LogP contribution is -2.11. The van der Waals surface area contributed by atoms with E-state index in [0.29, 0.717) is 12.4 Å². The van der Waals surface area contributed by atoms with Crippen LogP contribution in [0.5, 0.6) is 5.19 Å². The Balaban J connectivity index is 2.51. The van der Waals surface area contributed by atoms with Crippen LogP contribution in [0.1, 0.15) is 12.7 Å². The predicted molar refractivity (Wildman–Crippen MR) is 55.6 cm³/mol. The van der Waals surface area contributed by atoms with E-state index < -0.39 is 5.97 Å². The van der Waals surface area contributed by atoms with Crippen molar-refractivity contribution in [2.24, 2.45) is 0 Å². The molecule has 1 heterocycles. The molecule has 1 aromatic heterocycles. The van der Waals surface area contributed by atoms with Crippen molar-refractivity contribution in [1.82, 2.24) is 9.36 Å². The Kier molecular flexibility index (Phi) is 4.65. The van der Waals surface area contributed by atoms with Crippen LogP contribution in [0.15, 0.2) is 0 Å². The number of nitrogens with one attached hydrogen (secondary N) is 1. The number of aromatic nitrogens is 2. The molecular weight excluding hydrogens is 234 g/mol. The first-order chi connectivity index (χ1) is 7.65. The molecule has 1 aromatic rings. The summed E-state index contributed by atoms with van der Waals surface area (Å²) in [7, 11) is 1.29. The topological polar surface area (TPSA) is 94.4 Å². The summed E-state index contributed by atoms with van der Waals surface area (Å²) in [6.07, 6.45) is -0.360. The van der Waals surface area contributed by atoms with Gasteiger partial charge in [-0.15, -0.1) is 0 Å². The normalized spacial score (nSPS) is 9.62. The maximum atomic E-state index is 10.9. The van der Waals surface area contributed by atoms with Gasteiger partial charge < -0.3 is 14.2 Å². The Morgan fingerprint density at radius 1 is 1.56 bits per heavy atom. The summed E-state index contributed by atoms with van der Waals surface area (Å²) in [5.74, 6) is -0.125. The fourth-order valence-electron chi connectivity index (χ4n) is 0.792. The molecule has 0 aliphatic rings. The molecule has 8 heteroatoms. The zero-order valence-electron chi connectivity index (χ0n) is 8.85. The fourth-order valence-corrected chi connectivity index (χ4v) is 1.34. The molecule has 0 unspecified atom stereocenters. The first-order valence-electron chi connectivity index (χ1n) is 4.44. The van der Waals surface area contributed by atoms with Gasteiger partial charge in [-0.05, 0) is 6.92 Å². The smallest absolute Gasteiger partial charge is 0.388 e. The zero-order chi connectivity index (χ0) is 12.0. The first kappa shape index (κ1) is 12.4. The summed E-state index contributed by atoms with van der Waals surface area (Å²) >= 11 is 0.944. The Morgan fingerprint density at radius 2 is 2.31 bits per heavy atom. The van der Waals surface area contributed by atoms with E-state index in [1.807, 2.05) is 0 Å². The van der Waals surface area contributed by atoms with E-state index in [0.717, 1.165) is 11.5 Å². The summed E-state index contributed by atoms with van der Waals surface area (Å²) in [6.45, 7) is 2.08. The molecule has 7 nitrogen and oxygen atoms in total. The van der Waals surface area contributed by atoms with Gasteiger partial charge in [0.15, 0.2) is 5.82 Å². The third kappa shape index (κ3) is 3.81. The quantitative estimate of drug-likeness (QED) is 0.474. The van der Waals surface area contributed by atoms with Gasteiger partial charge in [0.2, 0.25) is 0 Å². The molecule has 0 fully saturated rings. The number of rotatable bonds is 4. The minimum absolute atomic E-state index is 0.0155. The molecule has 0 bridgehead atoms. The molecule has 88 valence electrons. The first-order valence-corrected chi connectivity index (χ1v) is 5.21. The number of hydrogen-bond donors (Lipinski definition) is 1. The van der Waals surface area contributed by atoms with Crippen LogP contribution in [0, 0.1) is 5.41 Å². The fraction of sp³-hybridized carbons (Fsp3) is 0.500. The molecule has 0 spiro atoms. The van der Waals surface area contributed by atoms with Gasteiger partial charge in [-0.3, -0.25) is 4.79 Å². The summed E-state index contributed by atoms with van der Waals surface area (Å²) in [4.78, 5) is 14.8. The lowest BCUT2D eigenvalue weighted by Gasteiger charge is -2.01. The molecule has 1 N–H and O–H groups in total. The van der Waals surface area contributed by atoms with Gasteiger partial charge in [-0.25, -0.2) is 5.41 Å². The van der Waals surface area contributed by atoms with Crippen LogP contribution in [0.25, 0.3) is 0 Å². The van der Waals surface area contributed by atoms with Crippen molar-refractivity contribution in [3.8, 4) is 5.19 Å². The largest absolute Gasteiger partial charge is 0.469 e. The highest BCUT2D eigenvalue weighted by atomic mass is 32.1. The molecule has 0 atom stereocenters. The third-order valence-electron chi connectivity index (χ3n) is 1.44. The van der Waals surface area contributed by atoms with Crippen LogP contribution in [-0.2, 0) is 20.7 Å². The second-order valence-electron chi connectivity index (χ2n) is 2.55. The zero-order valence-corrected chi connectivity index (χ0v) is 9.67. The third-order valence-corrected chi connectivity index (χ3v) is 2.07. The van der Waals surface area contributed by atoms with Crippen molar-refractivity contribution in [1.29, 1.82) is 5.41 Å². The highest BCUT2D eigenvalue weighted by Gasteiger charge is 2.11. The van der Waals surface area contributed by atoms with E-state index in [-0.39, 0.29) is 17.7 Å². The van der Waals surface area contributed by atoms with E-state index in [9.17, 15) is 4.79 Å². The SMILES string of the molecule is CCOC(=N)Oc1nc(CC(=O)OC)ns1. The van der Waals surface area contributed by atoms with E-state index in [1.165, 1.54) is 7.11 Å². The van der Waals surface area contributed by atoms with Crippen molar-refractivity contribution in [3.05, 3.63) is 5.82 Å². The molecular formula is C8H11N3O4S. The van der Waals surface area contributed by atoms with Crippen LogP contribution in [-0.4, -0.2) is 35.1 Å². The van der Waals surface area contributed by atoms with Crippen LogP contribution in [0.2, 0.25) is 0 Å². The number of esters is 1. The van der Waals surface area contributed by atoms with Crippen molar-refractivity contribution >= 4 is 23.6 Å². The van der Waals surface area contributed by atoms with Crippen LogP contribution in [0.3, 0.4) is 0 Å². The molecule has 16 heavy (non-hydrogen) atoms. The average molecular weight is 245 g/mol. The summed E-state index contributed by atoms with van der Waals surface area (Å²) in [6, 6.07) is 0. The number of hydrogen-bond acceptors (Lipinski definition) is 8. The molecule has 0 amide bonds. The van der Waals surface area contributed by atoms with Crippen molar-refractivity contribution in [2.75, 3.05) is 13.7 Å². The Hall–Kier alpha value is -1.70. The molecule has 1 rings (SSSR count). The Labute approximate surface area is 96.0 Å². The summed E-state index contributed by atoms with van der Waals surface area (Å²) < 4.78 is 18.0. The number of methoxy groups -OCH3 is 1. The van der Waals surface area contributed by atoms with Gasteiger partial charge in [-0.2, -0.15) is 9.36 Å². The van der Waals surface area contributed by atoms with E-state index in [4.69, 9.17) is 14.9 Å². The number of carbonyl (C=O) groups excluding carboxylic acids is 1. The van der Waals surface area contributed by atoms with Crippen molar-refractivity contribution in [2.45, 2.75) is 13.3 Å². The summed E-state index contributed by atoms with van der Waals surface area (Å²) in [5, 5.41) is 7.38. The van der Waals surface area contributed by atoms with Crippen molar-refractivity contribution < 1.29 is 19.0 Å². The van der Waals surface area contributed by atoms with Gasteiger partial charge in [0.1, 0.15) is 6.42 Å². The number of ether oxygens (including phenoxy) is 3. The lowest BCUT2D eigenvalue weighted by molar-refractivity contribution is -0.139. The Bertz CT molecular complexity index is 379. The maximum Gasteiger partial charge on any atom is 0.388 e. The van der Waals surface area contributed by atoms with Gasteiger partial charge in [-0.1, -0.05) is 0 Å². The van der Waals surface area contributed by atoms with E-state index >= 15 is 0 Å². The second kappa shape index (κ2) is 6.01. The monoisotopic (exact) mass is 245 g/mol. The van der Waals surface area contributed by atoms with E-state index in [1.54, 1.807) is 6.92 Å². The molecule has 0 aromatic carbocycles. The molecule has 0 aliphatic carbocycles. The van der Waals surface area contributed by atoms with Gasteiger partial charge in [0.25, 0.3) is 0 Å². The molecule has 0 radical (unpaired) electrons. The van der Waals surface area contributed by atoms with Crippen LogP contribution < -0.4 is 4.74 Å². The van der Waals surface area contributed by atoms with E-state index in [2.05, 4.69) is 14.1 Å². The highest BCUT2D eigenvalue weighted by molar-refractivity contribution is 7.07. The highest BCUT2D eigenvalue weighted by Crippen LogP contribution is 2.14. The van der Waals surface area contributed by atoms with Crippen molar-refractivity contribution in [3.63, 3.8) is 0 Å². The van der Waals surface area contributed by atoms with Gasteiger partial charge in [0, 0.05) is 11.5 Å². The maximum absolute atomic E-state index is 10.9. The minimum atomic E-state index is -0.427.